The molecule has 0 N–H and O–H groups in total. The molecule has 0 radical (unpaired) electrons. The van der Waals surface area contributed by atoms with E-state index in [4.69, 9.17) is 15.0 Å². The minimum Gasteiger partial charge on any atom is -0.208 e. The van der Waals surface area contributed by atoms with E-state index in [0.717, 1.165) is 33.4 Å². The molecule has 4 heteroatoms. The average molecular weight is 838 g/mol. The standard InChI is InChI=1S/C60H47N3Si/c1-44-24-21-25-45(2)56(44)59-62-57(46-26-22-34-51(42-46)60(48-28-9-3-10-29-48,49-30-11-4-12-31-49)50-32-13-5-14-33-50)61-58(63-59)47-27-23-41-55(43-47)64(52-35-15-6-16-36-52,53-37-17-7-18-38-53)54-39-19-8-20-40-54/h3-43H,1-2H3. The van der Waals surface area contributed by atoms with Gasteiger partial charge in [0.2, 0.25) is 0 Å². The molecule has 1 aromatic heterocycles. The summed E-state index contributed by atoms with van der Waals surface area (Å²) in [5.41, 5.74) is 9.14. The molecule has 9 aromatic carbocycles. The molecule has 0 aliphatic rings. The Kier molecular flexibility index (Phi) is 11.0. The Morgan fingerprint density at radius 1 is 0.297 bits per heavy atom. The van der Waals surface area contributed by atoms with E-state index >= 15 is 0 Å². The lowest BCUT2D eigenvalue weighted by atomic mass is 9.65. The zero-order valence-electron chi connectivity index (χ0n) is 36.0. The molecule has 0 amide bonds. The molecule has 64 heavy (non-hydrogen) atoms. The third kappa shape index (κ3) is 7.18. The van der Waals surface area contributed by atoms with E-state index in [-0.39, 0.29) is 0 Å². The number of benzene rings is 9. The highest BCUT2D eigenvalue weighted by molar-refractivity contribution is 7.19. The topological polar surface area (TPSA) is 38.7 Å². The summed E-state index contributed by atoms with van der Waals surface area (Å²) in [5.74, 6) is 1.91. The van der Waals surface area contributed by atoms with Crippen LogP contribution in [0, 0.1) is 13.8 Å². The molecule has 0 saturated carbocycles. The molecule has 1 heterocycles. The van der Waals surface area contributed by atoms with Gasteiger partial charge in [-0.1, -0.05) is 243 Å². The molecule has 0 saturated heterocycles. The van der Waals surface area contributed by atoms with Crippen molar-refractivity contribution in [3.05, 3.63) is 282 Å². The average Bonchev–Trinajstić information content (AvgIpc) is 3.37. The molecule has 306 valence electrons. The van der Waals surface area contributed by atoms with Gasteiger partial charge in [-0.05, 0) is 74.0 Å². The summed E-state index contributed by atoms with van der Waals surface area (Å²) in [7, 11) is -2.83. The Morgan fingerprint density at radius 3 is 1.06 bits per heavy atom. The number of hydrogen-bond acceptors (Lipinski definition) is 3. The highest BCUT2D eigenvalue weighted by atomic mass is 28.3. The second kappa shape index (κ2) is 17.5. The molecule has 0 unspecified atom stereocenters. The van der Waals surface area contributed by atoms with Crippen molar-refractivity contribution in [3.63, 3.8) is 0 Å². The van der Waals surface area contributed by atoms with Crippen LogP contribution in [0.15, 0.2) is 249 Å². The molecule has 0 aliphatic carbocycles. The van der Waals surface area contributed by atoms with E-state index in [1.54, 1.807) is 0 Å². The van der Waals surface area contributed by atoms with Crippen molar-refractivity contribution in [3.8, 4) is 34.2 Å². The summed E-state index contributed by atoms with van der Waals surface area (Å²) in [4.78, 5) is 16.2. The number of aromatic nitrogens is 3. The quantitative estimate of drug-likeness (QED) is 0.0962. The molecule has 3 nitrogen and oxygen atoms in total. The Hall–Kier alpha value is -7.79. The predicted molar refractivity (Wildman–Crippen MR) is 268 cm³/mol. The van der Waals surface area contributed by atoms with Crippen LogP contribution in [0.5, 0.6) is 0 Å². The fourth-order valence-corrected chi connectivity index (χ4v) is 14.6. The maximum absolute atomic E-state index is 5.43. The van der Waals surface area contributed by atoms with E-state index in [9.17, 15) is 0 Å². The largest absolute Gasteiger partial charge is 0.208 e. The summed E-state index contributed by atoms with van der Waals surface area (Å²) in [6.45, 7) is 4.28. The van der Waals surface area contributed by atoms with Gasteiger partial charge in [0.1, 0.15) is 0 Å². The van der Waals surface area contributed by atoms with Gasteiger partial charge in [-0.25, -0.2) is 15.0 Å². The highest BCUT2D eigenvalue weighted by Crippen LogP contribution is 2.46. The first-order chi connectivity index (χ1) is 31.6. The molecule has 0 spiro atoms. The zero-order valence-corrected chi connectivity index (χ0v) is 37.0. The Bertz CT molecular complexity index is 2760. The van der Waals surface area contributed by atoms with Crippen molar-refractivity contribution in [2.45, 2.75) is 19.3 Å². The van der Waals surface area contributed by atoms with E-state index in [1.807, 2.05) is 0 Å². The van der Waals surface area contributed by atoms with Crippen molar-refractivity contribution >= 4 is 28.8 Å². The van der Waals surface area contributed by atoms with Crippen LogP contribution in [0.4, 0.5) is 0 Å². The molecular weight excluding hydrogens is 791 g/mol. The lowest BCUT2D eigenvalue weighted by Gasteiger charge is -2.37. The SMILES string of the molecule is Cc1cccc(C)c1-c1nc(-c2cccc(C(c3ccccc3)(c3ccccc3)c3ccccc3)c2)nc(-c2cccc([Si](c3ccccc3)(c3ccccc3)c3ccccc3)c2)n1. The first-order valence-electron chi connectivity index (χ1n) is 21.9. The van der Waals surface area contributed by atoms with Crippen molar-refractivity contribution in [1.29, 1.82) is 0 Å². The van der Waals surface area contributed by atoms with Crippen molar-refractivity contribution in [2.24, 2.45) is 0 Å². The Balaban J connectivity index is 1.22. The van der Waals surface area contributed by atoms with Crippen molar-refractivity contribution in [1.82, 2.24) is 15.0 Å². The Labute approximate surface area is 377 Å². The van der Waals surface area contributed by atoms with E-state index in [2.05, 4.69) is 263 Å². The van der Waals surface area contributed by atoms with Crippen LogP contribution in [-0.4, -0.2) is 23.0 Å². The van der Waals surface area contributed by atoms with Gasteiger partial charge in [-0.15, -0.1) is 0 Å². The van der Waals surface area contributed by atoms with Gasteiger partial charge < -0.3 is 0 Å². The van der Waals surface area contributed by atoms with Crippen LogP contribution in [0.3, 0.4) is 0 Å². The maximum atomic E-state index is 5.43. The summed E-state index contributed by atoms with van der Waals surface area (Å²) in [5, 5.41) is 5.19. The lowest BCUT2D eigenvalue weighted by molar-refractivity contribution is 0.745. The molecule has 0 bridgehead atoms. The van der Waals surface area contributed by atoms with Crippen LogP contribution < -0.4 is 20.7 Å². The molecule has 0 fully saturated rings. The van der Waals surface area contributed by atoms with Gasteiger partial charge in [-0.3, -0.25) is 0 Å². The smallest absolute Gasteiger partial charge is 0.179 e. The van der Waals surface area contributed by atoms with Crippen LogP contribution in [0.1, 0.15) is 33.4 Å². The minimum atomic E-state index is -2.83. The molecule has 10 rings (SSSR count). The van der Waals surface area contributed by atoms with Gasteiger partial charge in [0.25, 0.3) is 0 Å². The van der Waals surface area contributed by atoms with Crippen LogP contribution in [-0.2, 0) is 5.41 Å². The van der Waals surface area contributed by atoms with Gasteiger partial charge in [0.15, 0.2) is 25.5 Å². The van der Waals surface area contributed by atoms with Crippen molar-refractivity contribution in [2.75, 3.05) is 0 Å². The van der Waals surface area contributed by atoms with Crippen LogP contribution >= 0.6 is 0 Å². The third-order valence-electron chi connectivity index (χ3n) is 12.7. The number of nitrogens with zero attached hydrogens (tertiary/aromatic N) is 3. The number of aryl methyl sites for hydroxylation is 2. The molecule has 10 aromatic rings. The highest BCUT2D eigenvalue weighted by Gasteiger charge is 2.42. The minimum absolute atomic E-state index is 0.621. The van der Waals surface area contributed by atoms with Gasteiger partial charge in [0.05, 0.1) is 5.41 Å². The first kappa shape index (κ1) is 40.3. The van der Waals surface area contributed by atoms with E-state index in [0.29, 0.717) is 17.5 Å². The fraction of sp³-hybridized carbons (Fsp3) is 0.0500. The monoisotopic (exact) mass is 837 g/mol. The summed E-state index contributed by atoms with van der Waals surface area (Å²) >= 11 is 0. The molecule has 0 atom stereocenters. The Morgan fingerprint density at radius 2 is 0.625 bits per heavy atom. The van der Waals surface area contributed by atoms with Crippen molar-refractivity contribution < 1.29 is 0 Å². The van der Waals surface area contributed by atoms with Gasteiger partial charge >= 0.3 is 0 Å². The first-order valence-corrected chi connectivity index (χ1v) is 23.9. The lowest BCUT2D eigenvalue weighted by Crippen LogP contribution is -2.74. The normalized spacial score (nSPS) is 11.6. The number of rotatable bonds is 11. The maximum Gasteiger partial charge on any atom is 0.179 e. The van der Waals surface area contributed by atoms with Crippen LogP contribution in [0.2, 0.25) is 0 Å². The molecular formula is C60H47N3Si. The van der Waals surface area contributed by atoms with Crippen LogP contribution in [0.25, 0.3) is 34.2 Å². The zero-order chi connectivity index (χ0) is 43.4. The summed E-state index contributed by atoms with van der Waals surface area (Å²) < 4.78 is 0. The van der Waals surface area contributed by atoms with Gasteiger partial charge in [0, 0.05) is 16.7 Å². The summed E-state index contributed by atoms with van der Waals surface area (Å²) in [6, 6.07) is 89.8. The third-order valence-corrected chi connectivity index (χ3v) is 17.5. The van der Waals surface area contributed by atoms with E-state index in [1.165, 1.54) is 37.4 Å². The second-order valence-corrected chi connectivity index (χ2v) is 20.2. The summed E-state index contributed by atoms with van der Waals surface area (Å²) in [6.07, 6.45) is 0. The second-order valence-electron chi connectivity index (χ2n) is 16.4. The van der Waals surface area contributed by atoms with Gasteiger partial charge in [-0.2, -0.15) is 0 Å². The fourth-order valence-electron chi connectivity index (χ4n) is 9.83. The molecule has 0 aliphatic heterocycles. The number of hydrogen-bond donors (Lipinski definition) is 0. The predicted octanol–water partition coefficient (Wildman–Crippen LogP) is 11.2. The van der Waals surface area contributed by atoms with E-state index < -0.39 is 13.5 Å².